The molecule has 0 spiro atoms. The summed E-state index contributed by atoms with van der Waals surface area (Å²) in [4.78, 5) is 12.1. The van der Waals surface area contributed by atoms with Crippen LogP contribution in [0.2, 0.25) is 0 Å². The summed E-state index contributed by atoms with van der Waals surface area (Å²) in [6, 6.07) is 1.82. The standard InChI is InChI=1S/C10H8BrN3O/c1-7-10(14-3-2-13-7)15-9-4-8(11)5-12-6-9/h2-6H,1H3. The zero-order valence-electron chi connectivity index (χ0n) is 8.01. The van der Waals surface area contributed by atoms with Crippen LogP contribution in [0.5, 0.6) is 11.6 Å². The number of rotatable bonds is 2. The van der Waals surface area contributed by atoms with Crippen LogP contribution in [-0.2, 0) is 0 Å². The Morgan fingerprint density at radius 3 is 2.73 bits per heavy atom. The minimum atomic E-state index is 0.498. The van der Waals surface area contributed by atoms with Gasteiger partial charge >= 0.3 is 0 Å². The maximum Gasteiger partial charge on any atom is 0.240 e. The molecule has 0 fully saturated rings. The third kappa shape index (κ3) is 2.50. The minimum absolute atomic E-state index is 0.498. The maximum atomic E-state index is 5.52. The normalized spacial score (nSPS) is 10.0. The van der Waals surface area contributed by atoms with E-state index in [1.54, 1.807) is 24.8 Å². The van der Waals surface area contributed by atoms with Gasteiger partial charge in [-0.2, -0.15) is 0 Å². The molecule has 0 aliphatic heterocycles. The van der Waals surface area contributed by atoms with Gasteiger partial charge in [-0.1, -0.05) is 0 Å². The number of aromatic nitrogens is 3. The summed E-state index contributed by atoms with van der Waals surface area (Å²) in [5, 5.41) is 0. The lowest BCUT2D eigenvalue weighted by Gasteiger charge is -2.05. The van der Waals surface area contributed by atoms with Crippen LogP contribution in [0.15, 0.2) is 35.3 Å². The molecule has 76 valence electrons. The van der Waals surface area contributed by atoms with Crippen molar-refractivity contribution in [2.45, 2.75) is 6.92 Å². The first-order chi connectivity index (χ1) is 7.25. The topological polar surface area (TPSA) is 47.9 Å². The van der Waals surface area contributed by atoms with E-state index in [0.29, 0.717) is 11.6 Å². The molecule has 0 saturated carbocycles. The van der Waals surface area contributed by atoms with Crippen molar-refractivity contribution in [3.63, 3.8) is 0 Å². The van der Waals surface area contributed by atoms with Crippen molar-refractivity contribution >= 4 is 15.9 Å². The molecule has 0 amide bonds. The molecular formula is C10H8BrN3O. The molecule has 2 rings (SSSR count). The van der Waals surface area contributed by atoms with E-state index in [2.05, 4.69) is 30.9 Å². The molecule has 2 heterocycles. The summed E-state index contributed by atoms with van der Waals surface area (Å²) in [5.41, 5.74) is 0.748. The first-order valence-corrected chi connectivity index (χ1v) is 5.11. The zero-order chi connectivity index (χ0) is 10.7. The van der Waals surface area contributed by atoms with Crippen molar-refractivity contribution < 1.29 is 4.74 Å². The summed E-state index contributed by atoms with van der Waals surface area (Å²) in [7, 11) is 0. The zero-order valence-corrected chi connectivity index (χ0v) is 9.60. The highest BCUT2D eigenvalue weighted by Gasteiger charge is 2.03. The smallest absolute Gasteiger partial charge is 0.240 e. The first kappa shape index (κ1) is 10.0. The van der Waals surface area contributed by atoms with Crippen molar-refractivity contribution in [3.8, 4) is 11.6 Å². The Balaban J connectivity index is 2.26. The molecule has 2 aromatic rings. The second kappa shape index (κ2) is 4.35. The van der Waals surface area contributed by atoms with Crippen LogP contribution in [0, 0.1) is 6.92 Å². The lowest BCUT2D eigenvalue weighted by Crippen LogP contribution is -1.93. The van der Waals surface area contributed by atoms with Gasteiger partial charge in [0.15, 0.2) is 0 Å². The molecule has 5 heteroatoms. The fourth-order valence-corrected chi connectivity index (χ4v) is 1.40. The Morgan fingerprint density at radius 2 is 2.00 bits per heavy atom. The lowest BCUT2D eigenvalue weighted by molar-refractivity contribution is 0.453. The van der Waals surface area contributed by atoms with E-state index in [-0.39, 0.29) is 0 Å². The summed E-state index contributed by atoms with van der Waals surface area (Å²) >= 11 is 3.32. The summed E-state index contributed by atoms with van der Waals surface area (Å²) in [6.07, 6.45) is 6.53. The summed E-state index contributed by atoms with van der Waals surface area (Å²) in [6.45, 7) is 1.84. The van der Waals surface area contributed by atoms with E-state index < -0.39 is 0 Å². The van der Waals surface area contributed by atoms with E-state index in [1.165, 1.54) is 0 Å². The second-order valence-corrected chi connectivity index (χ2v) is 3.80. The number of pyridine rings is 1. The van der Waals surface area contributed by atoms with Crippen LogP contribution in [0.25, 0.3) is 0 Å². The van der Waals surface area contributed by atoms with Gasteiger partial charge in [0, 0.05) is 23.1 Å². The van der Waals surface area contributed by atoms with Crippen molar-refractivity contribution in [3.05, 3.63) is 41.0 Å². The third-order valence-corrected chi connectivity index (χ3v) is 2.16. The van der Waals surface area contributed by atoms with E-state index >= 15 is 0 Å². The van der Waals surface area contributed by atoms with Crippen LogP contribution in [0.1, 0.15) is 5.69 Å². The Labute approximate surface area is 95.5 Å². The van der Waals surface area contributed by atoms with E-state index in [0.717, 1.165) is 10.2 Å². The van der Waals surface area contributed by atoms with Crippen LogP contribution in [0.3, 0.4) is 0 Å². The molecule has 0 bridgehead atoms. The number of halogens is 1. The molecule has 0 aliphatic carbocycles. The average molecular weight is 266 g/mol. The molecule has 15 heavy (non-hydrogen) atoms. The Hall–Kier alpha value is -1.49. The van der Waals surface area contributed by atoms with Gasteiger partial charge in [0.25, 0.3) is 0 Å². The number of hydrogen-bond donors (Lipinski definition) is 0. The predicted octanol–water partition coefficient (Wildman–Crippen LogP) is 2.73. The van der Waals surface area contributed by atoms with Crippen molar-refractivity contribution in [2.24, 2.45) is 0 Å². The van der Waals surface area contributed by atoms with E-state index in [9.17, 15) is 0 Å². The van der Waals surface area contributed by atoms with Crippen LogP contribution >= 0.6 is 15.9 Å². The first-order valence-electron chi connectivity index (χ1n) is 4.32. The van der Waals surface area contributed by atoms with Crippen LogP contribution < -0.4 is 4.74 Å². The molecule has 0 atom stereocenters. The molecule has 0 aliphatic rings. The van der Waals surface area contributed by atoms with Gasteiger partial charge in [0.05, 0.1) is 11.9 Å². The fourth-order valence-electron chi connectivity index (χ4n) is 1.05. The van der Waals surface area contributed by atoms with Gasteiger partial charge < -0.3 is 4.74 Å². The molecule has 4 nitrogen and oxygen atoms in total. The van der Waals surface area contributed by atoms with Crippen LogP contribution in [-0.4, -0.2) is 15.0 Å². The predicted molar refractivity (Wildman–Crippen MR) is 58.8 cm³/mol. The maximum absolute atomic E-state index is 5.52. The van der Waals surface area contributed by atoms with Gasteiger partial charge in [0.2, 0.25) is 5.88 Å². The van der Waals surface area contributed by atoms with Crippen LogP contribution in [0.4, 0.5) is 0 Å². The molecule has 0 N–H and O–H groups in total. The highest BCUT2D eigenvalue weighted by molar-refractivity contribution is 9.10. The highest BCUT2D eigenvalue weighted by Crippen LogP contribution is 2.22. The van der Waals surface area contributed by atoms with Gasteiger partial charge in [-0.3, -0.25) is 9.97 Å². The van der Waals surface area contributed by atoms with Crippen molar-refractivity contribution in [2.75, 3.05) is 0 Å². The van der Waals surface area contributed by atoms with E-state index in [4.69, 9.17) is 4.74 Å². The molecule has 0 unspecified atom stereocenters. The fraction of sp³-hybridized carbons (Fsp3) is 0.100. The van der Waals surface area contributed by atoms with Gasteiger partial charge in [0.1, 0.15) is 5.75 Å². The lowest BCUT2D eigenvalue weighted by atomic mass is 10.4. The SMILES string of the molecule is Cc1nccnc1Oc1cncc(Br)c1. The Bertz CT molecular complexity index is 476. The second-order valence-electron chi connectivity index (χ2n) is 2.89. The van der Waals surface area contributed by atoms with Gasteiger partial charge in [-0.25, -0.2) is 4.98 Å². The van der Waals surface area contributed by atoms with Gasteiger partial charge in [-0.05, 0) is 28.9 Å². The molecule has 2 aromatic heterocycles. The van der Waals surface area contributed by atoms with Crippen molar-refractivity contribution in [1.29, 1.82) is 0 Å². The minimum Gasteiger partial charge on any atom is -0.436 e. The molecule has 0 saturated heterocycles. The molecular weight excluding hydrogens is 258 g/mol. The molecule has 0 radical (unpaired) electrons. The number of nitrogens with zero attached hydrogens (tertiary/aromatic N) is 3. The van der Waals surface area contributed by atoms with E-state index in [1.807, 2.05) is 13.0 Å². The molecule has 0 aromatic carbocycles. The quantitative estimate of drug-likeness (QED) is 0.838. The Morgan fingerprint density at radius 1 is 1.20 bits per heavy atom. The Kier molecular flexibility index (Phi) is 2.91. The number of ether oxygens (including phenoxy) is 1. The summed E-state index contributed by atoms with van der Waals surface area (Å²) < 4.78 is 6.39. The largest absolute Gasteiger partial charge is 0.436 e. The van der Waals surface area contributed by atoms with Crippen molar-refractivity contribution in [1.82, 2.24) is 15.0 Å². The number of aryl methyl sites for hydroxylation is 1. The average Bonchev–Trinajstić information content (AvgIpc) is 2.22. The van der Waals surface area contributed by atoms with Gasteiger partial charge in [-0.15, -0.1) is 0 Å². The monoisotopic (exact) mass is 265 g/mol. The highest BCUT2D eigenvalue weighted by atomic mass is 79.9. The number of hydrogen-bond acceptors (Lipinski definition) is 4. The third-order valence-electron chi connectivity index (χ3n) is 1.73. The summed E-state index contributed by atoms with van der Waals surface area (Å²) in [5.74, 6) is 1.13.